The smallest absolute Gasteiger partial charge is 0.0693 e. The molecule has 2 N–H and O–H groups in total. The van der Waals surface area contributed by atoms with Crippen LogP contribution >= 0.6 is 0 Å². The first-order valence-electron chi connectivity index (χ1n) is 6.74. The fraction of sp³-hybridized carbons (Fsp3) is 0.600. The van der Waals surface area contributed by atoms with E-state index in [4.69, 9.17) is 0 Å². The van der Waals surface area contributed by atoms with Gasteiger partial charge in [-0.3, -0.25) is 0 Å². The van der Waals surface area contributed by atoms with Gasteiger partial charge in [0.2, 0.25) is 0 Å². The first-order valence-corrected chi connectivity index (χ1v) is 6.74. The van der Waals surface area contributed by atoms with Crippen molar-refractivity contribution in [2.75, 3.05) is 6.54 Å². The van der Waals surface area contributed by atoms with Crippen LogP contribution in [-0.4, -0.2) is 23.8 Å². The average molecular weight is 233 g/mol. The molecule has 3 unspecified atom stereocenters. The van der Waals surface area contributed by atoms with Gasteiger partial charge in [-0.15, -0.1) is 0 Å². The molecule has 0 bridgehead atoms. The molecule has 0 radical (unpaired) electrons. The second kappa shape index (κ2) is 6.18. The molecule has 0 aromatic heterocycles. The molecule has 2 nitrogen and oxygen atoms in total. The van der Waals surface area contributed by atoms with Crippen LogP contribution in [0.3, 0.4) is 0 Å². The van der Waals surface area contributed by atoms with E-state index in [2.05, 4.69) is 42.6 Å². The highest BCUT2D eigenvalue weighted by Gasteiger charge is 2.24. The Hall–Kier alpha value is -0.860. The third-order valence-corrected chi connectivity index (χ3v) is 3.83. The van der Waals surface area contributed by atoms with Crippen LogP contribution in [-0.2, 0) is 0 Å². The Kier molecular flexibility index (Phi) is 4.57. The van der Waals surface area contributed by atoms with Crippen molar-refractivity contribution in [1.82, 2.24) is 5.32 Å². The minimum atomic E-state index is -0.123. The summed E-state index contributed by atoms with van der Waals surface area (Å²) in [5.41, 5.74) is 1.40. The van der Waals surface area contributed by atoms with Gasteiger partial charge in [-0.25, -0.2) is 0 Å². The predicted octanol–water partition coefficient (Wildman–Crippen LogP) is 2.68. The topological polar surface area (TPSA) is 32.3 Å². The molecule has 17 heavy (non-hydrogen) atoms. The van der Waals surface area contributed by atoms with E-state index in [9.17, 15) is 5.11 Å². The Morgan fingerprint density at radius 2 is 2.06 bits per heavy atom. The minimum absolute atomic E-state index is 0.123. The van der Waals surface area contributed by atoms with Crippen molar-refractivity contribution in [3.05, 3.63) is 35.9 Å². The van der Waals surface area contributed by atoms with E-state index in [-0.39, 0.29) is 6.10 Å². The lowest BCUT2D eigenvalue weighted by Crippen LogP contribution is -2.36. The largest absolute Gasteiger partial charge is 0.392 e. The summed E-state index contributed by atoms with van der Waals surface area (Å²) in [6.07, 6.45) is 4.26. The Balaban J connectivity index is 1.71. The van der Waals surface area contributed by atoms with Gasteiger partial charge in [0.1, 0.15) is 0 Å². The Morgan fingerprint density at radius 1 is 1.29 bits per heavy atom. The summed E-state index contributed by atoms with van der Waals surface area (Å²) >= 11 is 0. The summed E-state index contributed by atoms with van der Waals surface area (Å²) < 4.78 is 0. The minimum Gasteiger partial charge on any atom is -0.392 e. The third kappa shape index (κ3) is 3.55. The quantitative estimate of drug-likeness (QED) is 0.819. The highest BCUT2D eigenvalue weighted by Crippen LogP contribution is 2.20. The van der Waals surface area contributed by atoms with Crippen molar-refractivity contribution in [3.8, 4) is 0 Å². The second-order valence-corrected chi connectivity index (χ2v) is 5.16. The van der Waals surface area contributed by atoms with Gasteiger partial charge in [0, 0.05) is 6.04 Å². The summed E-state index contributed by atoms with van der Waals surface area (Å²) in [6.45, 7) is 3.26. The molecule has 1 fully saturated rings. The molecule has 1 aromatic rings. The molecule has 1 aliphatic carbocycles. The number of aliphatic hydroxyl groups excluding tert-OH is 1. The fourth-order valence-electron chi connectivity index (χ4n) is 2.61. The Bertz CT molecular complexity index is 325. The third-order valence-electron chi connectivity index (χ3n) is 3.83. The number of hydrogen-bond donors (Lipinski definition) is 2. The molecule has 1 saturated carbocycles. The monoisotopic (exact) mass is 233 g/mol. The molecule has 0 heterocycles. The predicted molar refractivity (Wildman–Crippen MR) is 71.1 cm³/mol. The van der Waals surface area contributed by atoms with Crippen LogP contribution in [0.1, 0.15) is 44.1 Å². The number of benzene rings is 1. The van der Waals surface area contributed by atoms with E-state index in [1.807, 2.05) is 0 Å². The van der Waals surface area contributed by atoms with Crippen LogP contribution in [0, 0.1) is 0 Å². The molecule has 0 amide bonds. The standard InChI is InChI=1S/C15H23NO/c1-12(13-6-3-2-4-7-13)10-11-16-14-8-5-9-15(14)17/h2-4,6-7,12,14-17H,5,8-11H2,1H3. The molecule has 3 atom stereocenters. The van der Waals surface area contributed by atoms with Gasteiger partial charge in [-0.1, -0.05) is 37.3 Å². The normalized spacial score (nSPS) is 26.0. The van der Waals surface area contributed by atoms with Gasteiger partial charge in [0.15, 0.2) is 0 Å². The summed E-state index contributed by atoms with van der Waals surface area (Å²) in [7, 11) is 0. The Morgan fingerprint density at radius 3 is 2.71 bits per heavy atom. The van der Waals surface area contributed by atoms with Crippen molar-refractivity contribution in [3.63, 3.8) is 0 Å². The summed E-state index contributed by atoms with van der Waals surface area (Å²) in [5, 5.41) is 13.2. The Labute approximate surface area is 104 Å². The zero-order valence-corrected chi connectivity index (χ0v) is 10.6. The highest BCUT2D eigenvalue weighted by atomic mass is 16.3. The van der Waals surface area contributed by atoms with E-state index < -0.39 is 0 Å². The molecule has 1 aromatic carbocycles. The second-order valence-electron chi connectivity index (χ2n) is 5.16. The zero-order valence-electron chi connectivity index (χ0n) is 10.6. The van der Waals surface area contributed by atoms with Crippen LogP contribution < -0.4 is 5.32 Å². The fourth-order valence-corrected chi connectivity index (χ4v) is 2.61. The van der Waals surface area contributed by atoms with E-state index in [0.29, 0.717) is 12.0 Å². The molecular formula is C15H23NO. The molecule has 0 saturated heterocycles. The highest BCUT2D eigenvalue weighted by molar-refractivity contribution is 5.18. The van der Waals surface area contributed by atoms with Crippen LogP contribution in [0.15, 0.2) is 30.3 Å². The SMILES string of the molecule is CC(CCNC1CCCC1O)c1ccccc1. The van der Waals surface area contributed by atoms with Crippen molar-refractivity contribution >= 4 is 0 Å². The van der Waals surface area contributed by atoms with Crippen LogP contribution in [0.5, 0.6) is 0 Å². The van der Waals surface area contributed by atoms with E-state index in [1.165, 1.54) is 5.56 Å². The maximum Gasteiger partial charge on any atom is 0.0693 e. The summed E-state index contributed by atoms with van der Waals surface area (Å²) in [6, 6.07) is 11.0. The van der Waals surface area contributed by atoms with Crippen LogP contribution in [0.4, 0.5) is 0 Å². The average Bonchev–Trinajstić information content (AvgIpc) is 2.76. The number of hydrogen-bond acceptors (Lipinski definition) is 2. The van der Waals surface area contributed by atoms with Crippen LogP contribution in [0.2, 0.25) is 0 Å². The number of nitrogens with one attached hydrogen (secondary N) is 1. The van der Waals surface area contributed by atoms with Gasteiger partial charge in [0.05, 0.1) is 6.10 Å². The van der Waals surface area contributed by atoms with Gasteiger partial charge < -0.3 is 10.4 Å². The maximum absolute atomic E-state index is 9.71. The molecule has 0 spiro atoms. The van der Waals surface area contributed by atoms with Crippen molar-refractivity contribution in [2.24, 2.45) is 0 Å². The summed E-state index contributed by atoms with van der Waals surface area (Å²) in [4.78, 5) is 0. The molecular weight excluding hydrogens is 210 g/mol. The lowest BCUT2D eigenvalue weighted by Gasteiger charge is -2.18. The number of aliphatic hydroxyl groups is 1. The lowest BCUT2D eigenvalue weighted by atomic mass is 9.98. The molecule has 94 valence electrons. The van der Waals surface area contributed by atoms with E-state index in [0.717, 1.165) is 32.2 Å². The van der Waals surface area contributed by atoms with Crippen molar-refractivity contribution in [2.45, 2.75) is 50.7 Å². The van der Waals surface area contributed by atoms with Crippen LogP contribution in [0.25, 0.3) is 0 Å². The molecule has 2 heteroatoms. The van der Waals surface area contributed by atoms with Gasteiger partial charge >= 0.3 is 0 Å². The first kappa shape index (κ1) is 12.6. The van der Waals surface area contributed by atoms with Gasteiger partial charge in [-0.05, 0) is 43.7 Å². The van der Waals surface area contributed by atoms with Crippen molar-refractivity contribution < 1.29 is 5.11 Å². The van der Waals surface area contributed by atoms with E-state index in [1.54, 1.807) is 0 Å². The zero-order chi connectivity index (χ0) is 12.1. The lowest BCUT2D eigenvalue weighted by molar-refractivity contribution is 0.149. The number of rotatable bonds is 5. The van der Waals surface area contributed by atoms with Crippen molar-refractivity contribution in [1.29, 1.82) is 0 Å². The molecule has 1 aliphatic rings. The van der Waals surface area contributed by atoms with E-state index >= 15 is 0 Å². The molecule has 0 aliphatic heterocycles. The molecule has 2 rings (SSSR count). The first-order chi connectivity index (χ1) is 8.27. The maximum atomic E-state index is 9.71. The van der Waals surface area contributed by atoms with Gasteiger partial charge in [-0.2, -0.15) is 0 Å². The summed E-state index contributed by atoms with van der Waals surface area (Å²) in [5.74, 6) is 0.585. The van der Waals surface area contributed by atoms with Gasteiger partial charge in [0.25, 0.3) is 0 Å².